The van der Waals surface area contributed by atoms with Crippen LogP contribution in [0.4, 0.5) is 0 Å². The van der Waals surface area contributed by atoms with Crippen LogP contribution in [0.5, 0.6) is 0 Å². The summed E-state index contributed by atoms with van der Waals surface area (Å²) in [5, 5.41) is 0.794. The van der Waals surface area contributed by atoms with Crippen LogP contribution in [0.3, 0.4) is 0 Å². The molecule has 0 unspecified atom stereocenters. The molecule has 0 fully saturated rings. The molecule has 0 bridgehead atoms. The fourth-order valence-corrected chi connectivity index (χ4v) is 0.881. The standard InChI is InChI=1S/C6H5Cl.C5H5.Fe/c7-6-4-2-1-3-5-6;1-2-4-5-3-1;/h1-5H;1-5H;/q;-1;. The summed E-state index contributed by atoms with van der Waals surface area (Å²) in [5.41, 5.74) is 0. The van der Waals surface area contributed by atoms with Gasteiger partial charge in [0.1, 0.15) is 0 Å². The van der Waals surface area contributed by atoms with Crippen LogP contribution >= 0.6 is 11.6 Å². The normalized spacial score (nSPS) is 7.77. The monoisotopic (exact) mass is 233 g/mol. The van der Waals surface area contributed by atoms with Gasteiger partial charge in [-0.25, -0.2) is 12.1 Å². The van der Waals surface area contributed by atoms with Crippen molar-refractivity contribution < 1.29 is 17.1 Å². The van der Waals surface area contributed by atoms with Gasteiger partial charge in [-0.3, -0.25) is 0 Å². The molecule has 0 saturated carbocycles. The molecule has 0 aliphatic heterocycles. The Kier molecular flexibility index (Phi) is 7.62. The zero-order valence-corrected chi connectivity index (χ0v) is 8.87. The Balaban J connectivity index is 0.000000215. The van der Waals surface area contributed by atoms with Crippen molar-refractivity contribution >= 4 is 11.6 Å². The van der Waals surface area contributed by atoms with E-state index in [0.717, 1.165) is 5.02 Å². The molecule has 2 rings (SSSR count). The predicted octanol–water partition coefficient (Wildman–Crippen LogP) is 3.74. The maximum Gasteiger partial charge on any atom is 0.0405 e. The summed E-state index contributed by atoms with van der Waals surface area (Å²) in [6, 6.07) is 19.4. The Bertz CT molecular complexity index is 259. The minimum atomic E-state index is 0. The van der Waals surface area contributed by atoms with Crippen LogP contribution in [-0.2, 0) is 17.1 Å². The molecule has 0 nitrogen and oxygen atoms in total. The molecule has 13 heavy (non-hydrogen) atoms. The zero-order chi connectivity index (χ0) is 8.65. The van der Waals surface area contributed by atoms with Crippen molar-refractivity contribution in [2.45, 2.75) is 0 Å². The second kappa shape index (κ2) is 8.00. The van der Waals surface area contributed by atoms with Crippen molar-refractivity contribution in [3.05, 3.63) is 65.7 Å². The Morgan fingerprint density at radius 1 is 0.846 bits per heavy atom. The van der Waals surface area contributed by atoms with Gasteiger partial charge in [-0.2, -0.15) is 18.2 Å². The molecule has 0 aliphatic rings. The molecular formula is C11H10ClFe-. The maximum absolute atomic E-state index is 5.54. The van der Waals surface area contributed by atoms with Gasteiger partial charge in [-0.1, -0.05) is 29.8 Å². The Morgan fingerprint density at radius 2 is 1.38 bits per heavy atom. The molecule has 0 aromatic heterocycles. The first-order chi connectivity index (χ1) is 5.89. The average molecular weight is 233 g/mol. The second-order valence-corrected chi connectivity index (χ2v) is 2.69. The summed E-state index contributed by atoms with van der Waals surface area (Å²) in [7, 11) is 0. The van der Waals surface area contributed by atoms with Crippen molar-refractivity contribution in [3.8, 4) is 0 Å². The van der Waals surface area contributed by atoms with E-state index in [0.29, 0.717) is 0 Å². The van der Waals surface area contributed by atoms with Gasteiger partial charge in [0.25, 0.3) is 0 Å². The van der Waals surface area contributed by atoms with E-state index in [-0.39, 0.29) is 17.1 Å². The van der Waals surface area contributed by atoms with Gasteiger partial charge in [-0.15, -0.1) is 0 Å². The molecular weight excluding hydrogens is 223 g/mol. The van der Waals surface area contributed by atoms with Gasteiger partial charge in [0.2, 0.25) is 0 Å². The van der Waals surface area contributed by atoms with E-state index in [1.807, 2.05) is 60.7 Å². The van der Waals surface area contributed by atoms with Crippen molar-refractivity contribution in [3.63, 3.8) is 0 Å². The second-order valence-electron chi connectivity index (χ2n) is 2.26. The first-order valence-electron chi connectivity index (χ1n) is 3.77. The van der Waals surface area contributed by atoms with Gasteiger partial charge >= 0.3 is 0 Å². The van der Waals surface area contributed by atoms with Gasteiger partial charge in [0, 0.05) is 22.1 Å². The zero-order valence-electron chi connectivity index (χ0n) is 7.01. The van der Waals surface area contributed by atoms with Crippen molar-refractivity contribution in [1.29, 1.82) is 0 Å². The van der Waals surface area contributed by atoms with E-state index in [1.54, 1.807) is 0 Å². The molecule has 2 aromatic rings. The molecule has 0 N–H and O–H groups in total. The van der Waals surface area contributed by atoms with E-state index >= 15 is 0 Å². The number of benzene rings is 1. The largest absolute Gasteiger partial charge is 0.214 e. The summed E-state index contributed by atoms with van der Waals surface area (Å²) in [5.74, 6) is 0. The molecule has 2 aromatic carbocycles. The maximum atomic E-state index is 5.54. The van der Waals surface area contributed by atoms with E-state index in [2.05, 4.69) is 0 Å². The third-order valence-electron chi connectivity index (χ3n) is 1.29. The predicted molar refractivity (Wildman–Crippen MR) is 53.5 cm³/mol. The van der Waals surface area contributed by atoms with Crippen LogP contribution in [0, 0.1) is 0 Å². The van der Waals surface area contributed by atoms with Crippen LogP contribution < -0.4 is 0 Å². The van der Waals surface area contributed by atoms with E-state index < -0.39 is 0 Å². The molecule has 2 heteroatoms. The van der Waals surface area contributed by atoms with Crippen molar-refractivity contribution in [2.24, 2.45) is 0 Å². The average Bonchev–Trinajstić information content (AvgIpc) is 2.62. The fraction of sp³-hybridized carbons (Fsp3) is 0. The summed E-state index contributed by atoms with van der Waals surface area (Å²) in [6.45, 7) is 0. The molecule has 0 atom stereocenters. The molecule has 0 amide bonds. The number of hydrogen-bond donors (Lipinski definition) is 0. The topological polar surface area (TPSA) is 0 Å². The van der Waals surface area contributed by atoms with Crippen molar-refractivity contribution in [1.82, 2.24) is 0 Å². The number of hydrogen-bond acceptors (Lipinski definition) is 0. The van der Waals surface area contributed by atoms with Crippen LogP contribution in [0.25, 0.3) is 0 Å². The van der Waals surface area contributed by atoms with Crippen LogP contribution in [0.15, 0.2) is 60.7 Å². The first-order valence-corrected chi connectivity index (χ1v) is 4.14. The van der Waals surface area contributed by atoms with Gasteiger partial charge in [0.15, 0.2) is 0 Å². The van der Waals surface area contributed by atoms with Crippen LogP contribution in [-0.4, -0.2) is 0 Å². The van der Waals surface area contributed by atoms with Gasteiger partial charge in [-0.05, 0) is 12.1 Å². The molecule has 70 valence electrons. The molecule has 0 heterocycles. The van der Waals surface area contributed by atoms with Crippen molar-refractivity contribution in [2.75, 3.05) is 0 Å². The quantitative estimate of drug-likeness (QED) is 0.480. The molecule has 0 radical (unpaired) electrons. The number of halogens is 1. The molecule has 0 saturated heterocycles. The first kappa shape index (κ1) is 12.4. The van der Waals surface area contributed by atoms with Crippen LogP contribution in [0.2, 0.25) is 5.02 Å². The Morgan fingerprint density at radius 3 is 1.62 bits per heavy atom. The van der Waals surface area contributed by atoms with Gasteiger partial charge < -0.3 is 0 Å². The van der Waals surface area contributed by atoms with E-state index in [1.165, 1.54) is 0 Å². The summed E-state index contributed by atoms with van der Waals surface area (Å²) >= 11 is 5.54. The minimum Gasteiger partial charge on any atom is -0.214 e. The third kappa shape index (κ3) is 6.53. The Hall–Kier alpha value is -0.621. The fourth-order valence-electron chi connectivity index (χ4n) is 0.735. The van der Waals surface area contributed by atoms with Crippen LogP contribution in [0.1, 0.15) is 0 Å². The minimum absolute atomic E-state index is 0. The SMILES string of the molecule is Clc1ccccc1.[Fe].c1cc[cH-]c1. The third-order valence-corrected chi connectivity index (χ3v) is 1.54. The van der Waals surface area contributed by atoms with E-state index in [4.69, 9.17) is 11.6 Å². The van der Waals surface area contributed by atoms with Gasteiger partial charge in [0.05, 0.1) is 0 Å². The number of rotatable bonds is 0. The van der Waals surface area contributed by atoms with E-state index in [9.17, 15) is 0 Å². The summed E-state index contributed by atoms with van der Waals surface area (Å²) in [6.07, 6.45) is 0. The smallest absolute Gasteiger partial charge is 0.0405 e. The molecule has 0 spiro atoms. The Labute approximate surface area is 94.4 Å². The summed E-state index contributed by atoms with van der Waals surface area (Å²) in [4.78, 5) is 0. The molecule has 0 aliphatic carbocycles. The summed E-state index contributed by atoms with van der Waals surface area (Å²) < 4.78 is 0.